The molecule has 1 N–H and O–H groups in total. The Morgan fingerprint density at radius 2 is 1.75 bits per heavy atom. The second kappa shape index (κ2) is 4.84. The summed E-state index contributed by atoms with van der Waals surface area (Å²) in [7, 11) is -3.70. The molecular formula is C11H16O4S. The summed E-state index contributed by atoms with van der Waals surface area (Å²) >= 11 is 0. The first-order valence-electron chi connectivity index (χ1n) is 5.08. The summed E-state index contributed by atoms with van der Waals surface area (Å²) in [5.74, 6) is 0.120. The molecule has 0 saturated heterocycles. The third-order valence-electron chi connectivity index (χ3n) is 2.20. The first-order chi connectivity index (χ1) is 7.38. The van der Waals surface area contributed by atoms with E-state index >= 15 is 0 Å². The summed E-state index contributed by atoms with van der Waals surface area (Å²) in [6, 6.07) is 2.82. The molecule has 5 heteroatoms. The molecule has 0 aliphatic heterocycles. The predicted octanol–water partition coefficient (Wildman–Crippen LogP) is 2.12. The summed E-state index contributed by atoms with van der Waals surface area (Å²) in [5.41, 5.74) is 1.05. The van der Waals surface area contributed by atoms with E-state index in [0.29, 0.717) is 17.5 Å². The SMILES string of the molecule is CCCOS(=O)(=O)c1cc(C)c(O)c(C)c1. The average Bonchev–Trinajstić information content (AvgIpc) is 2.22. The standard InChI is InChI=1S/C11H16O4S/c1-4-5-15-16(13,14)10-6-8(2)11(12)9(3)7-10/h6-7,12H,4-5H2,1-3H3. The first-order valence-corrected chi connectivity index (χ1v) is 6.49. The van der Waals surface area contributed by atoms with E-state index in [1.807, 2.05) is 6.92 Å². The van der Waals surface area contributed by atoms with Crippen molar-refractivity contribution in [3.63, 3.8) is 0 Å². The van der Waals surface area contributed by atoms with E-state index in [1.54, 1.807) is 13.8 Å². The van der Waals surface area contributed by atoms with Crippen LogP contribution in [0.3, 0.4) is 0 Å². The summed E-state index contributed by atoms with van der Waals surface area (Å²) < 4.78 is 28.2. The van der Waals surface area contributed by atoms with Gasteiger partial charge in [0.25, 0.3) is 10.1 Å². The molecule has 0 bridgehead atoms. The van der Waals surface area contributed by atoms with Gasteiger partial charge in [-0.3, -0.25) is 4.18 Å². The van der Waals surface area contributed by atoms with Crippen molar-refractivity contribution in [3.05, 3.63) is 23.3 Å². The van der Waals surface area contributed by atoms with E-state index in [9.17, 15) is 13.5 Å². The van der Waals surface area contributed by atoms with Gasteiger partial charge in [0, 0.05) is 0 Å². The third kappa shape index (κ3) is 2.74. The quantitative estimate of drug-likeness (QED) is 0.824. The fourth-order valence-corrected chi connectivity index (χ4v) is 2.49. The Kier molecular flexibility index (Phi) is 3.93. The summed E-state index contributed by atoms with van der Waals surface area (Å²) in [5, 5.41) is 9.54. The smallest absolute Gasteiger partial charge is 0.296 e. The van der Waals surface area contributed by atoms with Gasteiger partial charge in [0.2, 0.25) is 0 Å². The van der Waals surface area contributed by atoms with Gasteiger partial charge in [-0.25, -0.2) is 0 Å². The lowest BCUT2D eigenvalue weighted by atomic mass is 10.1. The van der Waals surface area contributed by atoms with Crippen LogP contribution in [0.15, 0.2) is 17.0 Å². The van der Waals surface area contributed by atoms with Crippen molar-refractivity contribution >= 4 is 10.1 Å². The molecule has 0 aliphatic rings. The van der Waals surface area contributed by atoms with Crippen LogP contribution in [0, 0.1) is 13.8 Å². The number of hydrogen-bond acceptors (Lipinski definition) is 4. The Labute approximate surface area is 96.0 Å². The molecule has 0 unspecified atom stereocenters. The molecule has 0 amide bonds. The van der Waals surface area contributed by atoms with E-state index in [0.717, 1.165) is 0 Å². The van der Waals surface area contributed by atoms with Gasteiger partial charge >= 0.3 is 0 Å². The number of phenols is 1. The van der Waals surface area contributed by atoms with Gasteiger partial charge in [-0.1, -0.05) is 6.92 Å². The van der Waals surface area contributed by atoms with E-state index in [1.165, 1.54) is 12.1 Å². The van der Waals surface area contributed by atoms with Gasteiger partial charge < -0.3 is 5.11 Å². The Hall–Kier alpha value is -1.07. The van der Waals surface area contributed by atoms with Crippen LogP contribution in [0.2, 0.25) is 0 Å². The van der Waals surface area contributed by atoms with Gasteiger partial charge in [0.15, 0.2) is 0 Å². The van der Waals surface area contributed by atoms with Crippen LogP contribution in [0.25, 0.3) is 0 Å². The number of hydrogen-bond donors (Lipinski definition) is 1. The molecule has 1 aromatic carbocycles. The Morgan fingerprint density at radius 1 is 1.25 bits per heavy atom. The zero-order valence-corrected chi connectivity index (χ0v) is 10.5. The largest absolute Gasteiger partial charge is 0.507 e. The van der Waals surface area contributed by atoms with E-state index in [4.69, 9.17) is 4.18 Å². The van der Waals surface area contributed by atoms with Gasteiger partial charge in [0.1, 0.15) is 5.75 Å². The first kappa shape index (κ1) is 13.0. The van der Waals surface area contributed by atoms with Gasteiger partial charge in [-0.15, -0.1) is 0 Å². The van der Waals surface area contributed by atoms with Crippen LogP contribution in [0.4, 0.5) is 0 Å². The Morgan fingerprint density at radius 3 is 2.19 bits per heavy atom. The molecule has 1 aromatic rings. The molecule has 0 radical (unpaired) electrons. The summed E-state index contributed by atoms with van der Waals surface area (Å²) in [6.07, 6.45) is 0.634. The molecule has 0 aliphatic carbocycles. The maximum Gasteiger partial charge on any atom is 0.296 e. The molecule has 90 valence electrons. The number of benzene rings is 1. The van der Waals surface area contributed by atoms with Crippen molar-refractivity contribution < 1.29 is 17.7 Å². The lowest BCUT2D eigenvalue weighted by Gasteiger charge is -2.08. The number of aryl methyl sites for hydroxylation is 2. The average molecular weight is 244 g/mol. The van der Waals surface area contributed by atoms with Crippen LogP contribution in [0.1, 0.15) is 24.5 Å². The Bertz CT molecular complexity index is 454. The van der Waals surface area contributed by atoms with Crippen molar-refractivity contribution in [1.29, 1.82) is 0 Å². The van der Waals surface area contributed by atoms with E-state index in [-0.39, 0.29) is 17.3 Å². The van der Waals surface area contributed by atoms with Crippen molar-refractivity contribution in [2.24, 2.45) is 0 Å². The zero-order chi connectivity index (χ0) is 12.3. The minimum atomic E-state index is -3.70. The second-order valence-corrected chi connectivity index (χ2v) is 5.30. The molecular weight excluding hydrogens is 228 g/mol. The van der Waals surface area contributed by atoms with Crippen LogP contribution >= 0.6 is 0 Å². The van der Waals surface area contributed by atoms with Crippen LogP contribution in [-0.2, 0) is 14.3 Å². The lowest BCUT2D eigenvalue weighted by Crippen LogP contribution is -2.07. The predicted molar refractivity (Wildman–Crippen MR) is 61.0 cm³/mol. The highest BCUT2D eigenvalue weighted by Crippen LogP contribution is 2.26. The van der Waals surface area contributed by atoms with Gasteiger partial charge in [0.05, 0.1) is 11.5 Å². The second-order valence-electron chi connectivity index (χ2n) is 3.68. The number of phenolic OH excluding ortho intramolecular Hbond substituents is 1. The minimum absolute atomic E-state index is 0.0914. The molecule has 1 rings (SSSR count). The van der Waals surface area contributed by atoms with Crippen LogP contribution in [0.5, 0.6) is 5.75 Å². The molecule has 4 nitrogen and oxygen atoms in total. The van der Waals surface area contributed by atoms with Crippen molar-refractivity contribution in [2.45, 2.75) is 32.1 Å². The fourth-order valence-electron chi connectivity index (χ4n) is 1.32. The van der Waals surface area contributed by atoms with Crippen molar-refractivity contribution in [3.8, 4) is 5.75 Å². The highest BCUT2D eigenvalue weighted by Gasteiger charge is 2.17. The monoisotopic (exact) mass is 244 g/mol. The third-order valence-corrected chi connectivity index (χ3v) is 3.49. The van der Waals surface area contributed by atoms with E-state index < -0.39 is 10.1 Å². The lowest BCUT2D eigenvalue weighted by molar-refractivity contribution is 0.318. The van der Waals surface area contributed by atoms with Gasteiger partial charge in [-0.2, -0.15) is 8.42 Å². The fraction of sp³-hybridized carbons (Fsp3) is 0.455. The molecule has 16 heavy (non-hydrogen) atoms. The minimum Gasteiger partial charge on any atom is -0.507 e. The maximum atomic E-state index is 11.7. The van der Waals surface area contributed by atoms with Gasteiger partial charge in [-0.05, 0) is 43.5 Å². The van der Waals surface area contributed by atoms with Crippen LogP contribution < -0.4 is 0 Å². The highest BCUT2D eigenvalue weighted by atomic mass is 32.2. The zero-order valence-electron chi connectivity index (χ0n) is 9.65. The molecule has 0 saturated carbocycles. The molecule has 0 heterocycles. The molecule has 0 atom stereocenters. The molecule has 0 aromatic heterocycles. The van der Waals surface area contributed by atoms with Crippen molar-refractivity contribution in [2.75, 3.05) is 6.61 Å². The topological polar surface area (TPSA) is 63.6 Å². The number of rotatable bonds is 4. The van der Waals surface area contributed by atoms with Crippen molar-refractivity contribution in [1.82, 2.24) is 0 Å². The maximum absolute atomic E-state index is 11.7. The molecule has 0 spiro atoms. The molecule has 0 fully saturated rings. The summed E-state index contributed by atoms with van der Waals surface area (Å²) in [4.78, 5) is 0.0914. The highest BCUT2D eigenvalue weighted by molar-refractivity contribution is 7.86. The summed E-state index contributed by atoms with van der Waals surface area (Å²) in [6.45, 7) is 5.31. The Balaban J connectivity index is 3.14. The number of aromatic hydroxyl groups is 1. The van der Waals surface area contributed by atoms with E-state index in [2.05, 4.69) is 0 Å². The van der Waals surface area contributed by atoms with Crippen LogP contribution in [-0.4, -0.2) is 20.1 Å². The normalized spacial score (nSPS) is 11.7.